The molecule has 0 fully saturated rings. The summed E-state index contributed by atoms with van der Waals surface area (Å²) < 4.78 is 9.96. The third-order valence-corrected chi connectivity index (χ3v) is 4.13. The molecule has 0 bridgehead atoms. The number of rotatable bonds is 9. The van der Waals surface area contributed by atoms with Gasteiger partial charge < -0.3 is 24.7 Å². The summed E-state index contributed by atoms with van der Waals surface area (Å²) in [6, 6.07) is 12.8. The third-order valence-electron chi connectivity index (χ3n) is 4.13. The van der Waals surface area contributed by atoms with Crippen molar-refractivity contribution in [2.45, 2.75) is 26.7 Å². The largest absolute Gasteiger partial charge is 0.550 e. The number of carbonyl (C=O) groups excluding carboxylic acids is 3. The SMILES string of the molecule is Cc1cccc(Nc2ccccc2C(=O)OCCOC(=O)CCC(=O)[O-])c1C. The Labute approximate surface area is 163 Å². The van der Waals surface area contributed by atoms with E-state index in [4.69, 9.17) is 9.47 Å². The first kappa shape index (κ1) is 21.0. The van der Waals surface area contributed by atoms with E-state index in [0.717, 1.165) is 16.8 Å². The molecule has 0 unspecified atom stereocenters. The Hall–Kier alpha value is -3.35. The van der Waals surface area contributed by atoms with E-state index >= 15 is 0 Å². The van der Waals surface area contributed by atoms with Crippen LogP contribution < -0.4 is 10.4 Å². The van der Waals surface area contributed by atoms with Gasteiger partial charge in [0.25, 0.3) is 0 Å². The summed E-state index contributed by atoms with van der Waals surface area (Å²) in [6.07, 6.45) is -0.686. The topological polar surface area (TPSA) is 105 Å². The standard InChI is InChI=1S/C21H23NO6/c1-14-6-5-9-17(15(14)2)22-18-8-4-3-7-16(18)21(26)28-13-12-27-20(25)11-10-19(23)24/h3-9,22H,10-13H2,1-2H3,(H,23,24)/p-1. The van der Waals surface area contributed by atoms with Crippen LogP contribution >= 0.6 is 0 Å². The second kappa shape index (κ2) is 10.1. The number of carboxylic acid groups (broad SMARTS) is 1. The number of para-hydroxylation sites is 1. The number of nitrogens with one attached hydrogen (secondary N) is 1. The van der Waals surface area contributed by atoms with Gasteiger partial charge in [-0.3, -0.25) is 4.79 Å². The van der Waals surface area contributed by atoms with Gasteiger partial charge in [0.2, 0.25) is 0 Å². The van der Waals surface area contributed by atoms with Crippen LogP contribution in [0.3, 0.4) is 0 Å². The third kappa shape index (κ3) is 6.12. The molecule has 0 heterocycles. The lowest BCUT2D eigenvalue weighted by atomic mass is 10.1. The number of anilines is 2. The molecule has 7 heteroatoms. The molecule has 2 aromatic carbocycles. The van der Waals surface area contributed by atoms with Gasteiger partial charge in [-0.05, 0) is 49.6 Å². The molecule has 7 nitrogen and oxygen atoms in total. The molecule has 28 heavy (non-hydrogen) atoms. The van der Waals surface area contributed by atoms with Crippen LogP contribution in [0.4, 0.5) is 11.4 Å². The van der Waals surface area contributed by atoms with E-state index in [2.05, 4.69) is 5.32 Å². The zero-order valence-electron chi connectivity index (χ0n) is 15.8. The number of esters is 2. The molecule has 0 spiro atoms. The van der Waals surface area contributed by atoms with E-state index in [1.165, 1.54) is 0 Å². The quantitative estimate of drug-likeness (QED) is 0.522. The lowest BCUT2D eigenvalue weighted by Gasteiger charge is -2.14. The molecule has 0 radical (unpaired) electrons. The van der Waals surface area contributed by atoms with E-state index in [1.807, 2.05) is 38.1 Å². The number of aliphatic carboxylic acids is 1. The predicted molar refractivity (Wildman–Crippen MR) is 101 cm³/mol. The molecular weight excluding hydrogens is 362 g/mol. The fourth-order valence-electron chi connectivity index (χ4n) is 2.45. The Morgan fingerprint density at radius 3 is 2.32 bits per heavy atom. The van der Waals surface area contributed by atoms with Gasteiger partial charge >= 0.3 is 11.9 Å². The van der Waals surface area contributed by atoms with Gasteiger partial charge in [0.1, 0.15) is 13.2 Å². The molecule has 1 N–H and O–H groups in total. The van der Waals surface area contributed by atoms with Crippen LogP contribution in [0.15, 0.2) is 42.5 Å². The van der Waals surface area contributed by atoms with Gasteiger partial charge in [-0.2, -0.15) is 0 Å². The van der Waals surface area contributed by atoms with E-state index in [1.54, 1.807) is 18.2 Å². The smallest absolute Gasteiger partial charge is 0.340 e. The molecule has 2 rings (SSSR count). The molecule has 0 aliphatic heterocycles. The Bertz CT molecular complexity index is 862. The molecular formula is C21H22NO6-. The van der Waals surface area contributed by atoms with E-state index in [-0.39, 0.29) is 19.6 Å². The number of benzene rings is 2. The van der Waals surface area contributed by atoms with Crippen LogP contribution in [0.2, 0.25) is 0 Å². The predicted octanol–water partition coefficient (Wildman–Crippen LogP) is 2.28. The van der Waals surface area contributed by atoms with Crippen LogP contribution in [0.25, 0.3) is 0 Å². The van der Waals surface area contributed by atoms with Crippen LogP contribution in [-0.4, -0.2) is 31.1 Å². The Balaban J connectivity index is 1.93. The van der Waals surface area contributed by atoms with Gasteiger partial charge in [-0.25, -0.2) is 4.79 Å². The molecule has 2 aromatic rings. The minimum atomic E-state index is -1.32. The fourth-order valence-corrected chi connectivity index (χ4v) is 2.45. The van der Waals surface area contributed by atoms with Gasteiger partial charge in [0, 0.05) is 11.7 Å². The monoisotopic (exact) mass is 384 g/mol. The lowest BCUT2D eigenvalue weighted by Crippen LogP contribution is -2.23. The average Bonchev–Trinajstić information content (AvgIpc) is 2.67. The molecule has 0 aliphatic rings. The van der Waals surface area contributed by atoms with Crippen molar-refractivity contribution in [3.05, 3.63) is 59.2 Å². The zero-order valence-corrected chi connectivity index (χ0v) is 15.8. The van der Waals surface area contributed by atoms with Gasteiger partial charge in [-0.15, -0.1) is 0 Å². The summed E-state index contributed by atoms with van der Waals surface area (Å²) in [5, 5.41) is 13.5. The van der Waals surface area contributed by atoms with Crippen LogP contribution in [0, 0.1) is 13.8 Å². The Kier molecular flexibility index (Phi) is 7.56. The van der Waals surface area contributed by atoms with E-state index < -0.39 is 24.3 Å². The van der Waals surface area contributed by atoms with Gasteiger partial charge in [0.05, 0.1) is 17.7 Å². The molecule has 148 valence electrons. The number of carbonyl (C=O) groups is 3. The van der Waals surface area contributed by atoms with Crippen molar-refractivity contribution in [2.75, 3.05) is 18.5 Å². The minimum Gasteiger partial charge on any atom is -0.550 e. The average molecular weight is 384 g/mol. The molecule has 0 saturated carbocycles. The number of hydrogen-bond acceptors (Lipinski definition) is 7. The summed E-state index contributed by atoms with van der Waals surface area (Å²) in [5.74, 6) is -2.56. The Morgan fingerprint density at radius 1 is 0.893 bits per heavy atom. The maximum atomic E-state index is 12.4. The van der Waals surface area contributed by atoms with Crippen LogP contribution in [0.1, 0.15) is 34.3 Å². The summed E-state index contributed by atoms with van der Waals surface area (Å²) >= 11 is 0. The lowest BCUT2D eigenvalue weighted by molar-refractivity contribution is -0.305. The van der Waals surface area contributed by atoms with Crippen LogP contribution in [-0.2, 0) is 19.1 Å². The summed E-state index contributed by atoms with van der Waals surface area (Å²) in [7, 11) is 0. The first-order valence-electron chi connectivity index (χ1n) is 8.83. The maximum absolute atomic E-state index is 12.4. The van der Waals surface area contributed by atoms with E-state index in [9.17, 15) is 19.5 Å². The highest BCUT2D eigenvalue weighted by molar-refractivity contribution is 5.96. The molecule has 0 aromatic heterocycles. The summed E-state index contributed by atoms with van der Waals surface area (Å²) in [6.45, 7) is 3.72. The highest BCUT2D eigenvalue weighted by Gasteiger charge is 2.14. The van der Waals surface area contributed by atoms with Crippen LogP contribution in [0.5, 0.6) is 0 Å². The second-order valence-electron chi connectivity index (χ2n) is 6.15. The first-order valence-corrected chi connectivity index (χ1v) is 8.83. The number of ether oxygens (including phenoxy) is 2. The summed E-state index contributed by atoms with van der Waals surface area (Å²) in [5.41, 5.74) is 4.06. The highest BCUT2D eigenvalue weighted by Crippen LogP contribution is 2.25. The van der Waals surface area contributed by atoms with Gasteiger partial charge in [-0.1, -0.05) is 24.3 Å². The second-order valence-corrected chi connectivity index (χ2v) is 6.15. The first-order chi connectivity index (χ1) is 13.4. The number of aryl methyl sites for hydroxylation is 1. The minimum absolute atomic E-state index is 0.131. The number of hydrogen-bond donors (Lipinski definition) is 1. The van der Waals surface area contributed by atoms with Crippen molar-refractivity contribution < 1.29 is 29.0 Å². The molecule has 0 saturated heterocycles. The van der Waals surface area contributed by atoms with Crippen molar-refractivity contribution in [2.24, 2.45) is 0 Å². The van der Waals surface area contributed by atoms with E-state index in [0.29, 0.717) is 11.3 Å². The van der Waals surface area contributed by atoms with Crippen molar-refractivity contribution in [3.63, 3.8) is 0 Å². The van der Waals surface area contributed by atoms with Crippen molar-refractivity contribution in [1.82, 2.24) is 0 Å². The van der Waals surface area contributed by atoms with Gasteiger partial charge in [0.15, 0.2) is 0 Å². The molecule has 0 aliphatic carbocycles. The molecule has 0 atom stereocenters. The van der Waals surface area contributed by atoms with Crippen molar-refractivity contribution in [3.8, 4) is 0 Å². The van der Waals surface area contributed by atoms with Crippen molar-refractivity contribution in [1.29, 1.82) is 0 Å². The zero-order chi connectivity index (χ0) is 20.5. The normalized spacial score (nSPS) is 10.2. The fraction of sp³-hybridized carbons (Fsp3) is 0.286. The van der Waals surface area contributed by atoms with Crippen molar-refractivity contribution >= 4 is 29.3 Å². The Morgan fingerprint density at radius 2 is 1.57 bits per heavy atom. The number of carboxylic acids is 1. The maximum Gasteiger partial charge on any atom is 0.340 e. The highest BCUT2D eigenvalue weighted by atomic mass is 16.6. The molecule has 0 amide bonds. The summed E-state index contributed by atoms with van der Waals surface area (Å²) in [4.78, 5) is 34.0.